The van der Waals surface area contributed by atoms with E-state index in [1.165, 1.54) is 6.07 Å². The zero-order valence-corrected chi connectivity index (χ0v) is 16.0. The molecule has 6 heteroatoms. The van der Waals surface area contributed by atoms with Gasteiger partial charge in [-0.3, -0.25) is 4.79 Å². The van der Waals surface area contributed by atoms with Gasteiger partial charge in [0.15, 0.2) is 0 Å². The van der Waals surface area contributed by atoms with Crippen molar-refractivity contribution in [2.45, 2.75) is 45.2 Å². The van der Waals surface area contributed by atoms with Gasteiger partial charge in [0, 0.05) is 50.4 Å². The van der Waals surface area contributed by atoms with Crippen molar-refractivity contribution < 1.29 is 9.18 Å². The normalized spacial score (nSPS) is 23.2. The Morgan fingerprint density at radius 1 is 1.23 bits per heavy atom. The van der Waals surface area contributed by atoms with E-state index in [9.17, 15) is 9.18 Å². The summed E-state index contributed by atoms with van der Waals surface area (Å²) in [6.45, 7) is 9.34. The molecule has 2 fully saturated rings. The Morgan fingerprint density at radius 3 is 2.58 bits per heavy atom. The first-order valence-electron chi connectivity index (χ1n) is 9.84. The third-order valence-corrected chi connectivity index (χ3v) is 5.77. The highest BCUT2D eigenvalue weighted by atomic mass is 19.1. The number of nitrogens with two attached hydrogens (primary N) is 1. The number of carbonyl (C=O) groups is 1. The van der Waals surface area contributed by atoms with Gasteiger partial charge in [-0.2, -0.15) is 0 Å². The summed E-state index contributed by atoms with van der Waals surface area (Å²) in [4.78, 5) is 19.2. The Labute approximate surface area is 155 Å². The number of piperidine rings is 1. The van der Waals surface area contributed by atoms with Crippen LogP contribution in [0.25, 0.3) is 0 Å². The molecule has 5 nitrogen and oxygen atoms in total. The van der Waals surface area contributed by atoms with Crippen molar-refractivity contribution in [3.8, 4) is 0 Å². The van der Waals surface area contributed by atoms with Crippen molar-refractivity contribution in [1.82, 2.24) is 9.80 Å². The molecule has 3 rings (SSSR count). The fourth-order valence-corrected chi connectivity index (χ4v) is 4.12. The summed E-state index contributed by atoms with van der Waals surface area (Å²) in [6, 6.07) is 4.89. The van der Waals surface area contributed by atoms with E-state index in [1.807, 2.05) is 11.8 Å². The minimum absolute atomic E-state index is 0.0427. The Hall–Kier alpha value is -1.66. The standard InChI is InChI=1S/C20H31FN4O/c1-3-23-10-12-24(13-11-23)19-8-7-16(14-17(19)21)20(26)25-9-5-4-6-18(25)15(2)22/h7-8,14-15,18H,3-6,9-13,22H2,1-2H3/t15-,18+/m1/s1. The second kappa shape index (κ2) is 8.35. The van der Waals surface area contributed by atoms with Crippen LogP contribution >= 0.6 is 0 Å². The number of benzene rings is 1. The van der Waals surface area contributed by atoms with E-state index < -0.39 is 0 Å². The quantitative estimate of drug-likeness (QED) is 0.893. The highest BCUT2D eigenvalue weighted by Crippen LogP contribution is 2.25. The number of anilines is 1. The minimum Gasteiger partial charge on any atom is -0.367 e. The third-order valence-electron chi connectivity index (χ3n) is 5.77. The monoisotopic (exact) mass is 362 g/mol. The van der Waals surface area contributed by atoms with Crippen LogP contribution < -0.4 is 10.6 Å². The average molecular weight is 362 g/mol. The topological polar surface area (TPSA) is 52.8 Å². The number of hydrogen-bond donors (Lipinski definition) is 1. The predicted octanol–water partition coefficient (Wildman–Crippen LogP) is 2.31. The largest absolute Gasteiger partial charge is 0.367 e. The third kappa shape index (κ3) is 4.01. The molecule has 2 heterocycles. The van der Waals surface area contributed by atoms with Crippen LogP contribution in [0.15, 0.2) is 18.2 Å². The van der Waals surface area contributed by atoms with Gasteiger partial charge in [-0.1, -0.05) is 6.92 Å². The first kappa shape index (κ1) is 19.1. The van der Waals surface area contributed by atoms with Crippen LogP contribution in [-0.2, 0) is 0 Å². The van der Waals surface area contributed by atoms with Gasteiger partial charge in [0.05, 0.1) is 5.69 Å². The molecule has 0 unspecified atom stereocenters. The van der Waals surface area contributed by atoms with E-state index in [4.69, 9.17) is 5.73 Å². The van der Waals surface area contributed by atoms with Gasteiger partial charge in [-0.15, -0.1) is 0 Å². The van der Waals surface area contributed by atoms with Gasteiger partial charge in [-0.25, -0.2) is 4.39 Å². The second-order valence-corrected chi connectivity index (χ2v) is 7.51. The molecule has 0 aromatic heterocycles. The van der Waals surface area contributed by atoms with Crippen LogP contribution in [0.1, 0.15) is 43.5 Å². The van der Waals surface area contributed by atoms with Crippen LogP contribution in [0, 0.1) is 5.82 Å². The lowest BCUT2D eigenvalue weighted by atomic mass is 9.96. The van der Waals surface area contributed by atoms with Crippen molar-refractivity contribution in [3.63, 3.8) is 0 Å². The van der Waals surface area contributed by atoms with Crippen LogP contribution in [0.2, 0.25) is 0 Å². The molecule has 2 atom stereocenters. The molecule has 2 aliphatic rings. The number of halogens is 1. The molecule has 144 valence electrons. The molecule has 1 aromatic carbocycles. The van der Waals surface area contributed by atoms with Crippen LogP contribution in [0.4, 0.5) is 10.1 Å². The zero-order chi connectivity index (χ0) is 18.7. The molecule has 2 saturated heterocycles. The average Bonchev–Trinajstić information content (AvgIpc) is 2.67. The number of likely N-dealkylation sites (tertiary alicyclic amines) is 1. The maximum atomic E-state index is 14.7. The molecular formula is C20H31FN4O. The first-order valence-corrected chi connectivity index (χ1v) is 9.84. The van der Waals surface area contributed by atoms with E-state index in [-0.39, 0.29) is 23.8 Å². The molecule has 2 aliphatic heterocycles. The molecule has 0 saturated carbocycles. The molecule has 0 aliphatic carbocycles. The molecular weight excluding hydrogens is 331 g/mol. The molecule has 26 heavy (non-hydrogen) atoms. The number of nitrogens with zero attached hydrogens (tertiary/aromatic N) is 3. The van der Waals surface area contributed by atoms with E-state index in [2.05, 4.69) is 16.7 Å². The summed E-state index contributed by atoms with van der Waals surface area (Å²) >= 11 is 0. The summed E-state index contributed by atoms with van der Waals surface area (Å²) in [5.74, 6) is -0.414. The summed E-state index contributed by atoms with van der Waals surface area (Å²) in [6.07, 6.45) is 3.00. The Kier molecular flexibility index (Phi) is 6.14. The van der Waals surface area contributed by atoms with Gasteiger partial charge in [0.2, 0.25) is 0 Å². The van der Waals surface area contributed by atoms with Gasteiger partial charge in [0.1, 0.15) is 5.82 Å². The predicted molar refractivity (Wildman–Crippen MR) is 103 cm³/mol. The van der Waals surface area contributed by atoms with Crippen molar-refractivity contribution in [1.29, 1.82) is 0 Å². The van der Waals surface area contributed by atoms with Crippen molar-refractivity contribution in [3.05, 3.63) is 29.6 Å². The van der Waals surface area contributed by atoms with Gasteiger partial charge in [-0.05, 0) is 50.9 Å². The maximum absolute atomic E-state index is 14.7. The van der Waals surface area contributed by atoms with Crippen LogP contribution in [-0.4, -0.2) is 67.1 Å². The summed E-state index contributed by atoms with van der Waals surface area (Å²) in [5, 5.41) is 0. The number of rotatable bonds is 4. The smallest absolute Gasteiger partial charge is 0.254 e. The molecule has 0 spiro atoms. The summed E-state index contributed by atoms with van der Waals surface area (Å²) < 4.78 is 14.7. The number of hydrogen-bond acceptors (Lipinski definition) is 4. The number of likely N-dealkylation sites (N-methyl/N-ethyl adjacent to an activating group) is 1. The highest BCUT2D eigenvalue weighted by molar-refractivity contribution is 5.95. The number of carbonyl (C=O) groups excluding carboxylic acids is 1. The summed E-state index contributed by atoms with van der Waals surface area (Å²) in [7, 11) is 0. The lowest BCUT2D eigenvalue weighted by Crippen LogP contribution is -2.51. The van der Waals surface area contributed by atoms with Crippen molar-refractivity contribution >= 4 is 11.6 Å². The van der Waals surface area contributed by atoms with E-state index in [1.54, 1.807) is 12.1 Å². The van der Waals surface area contributed by atoms with Crippen molar-refractivity contribution in [2.24, 2.45) is 5.73 Å². The van der Waals surface area contributed by atoms with Gasteiger partial charge >= 0.3 is 0 Å². The molecule has 1 aromatic rings. The second-order valence-electron chi connectivity index (χ2n) is 7.51. The number of piperazine rings is 1. The molecule has 1 amide bonds. The fraction of sp³-hybridized carbons (Fsp3) is 0.650. The number of amides is 1. The lowest BCUT2D eigenvalue weighted by Gasteiger charge is -2.38. The molecule has 0 radical (unpaired) electrons. The Balaban J connectivity index is 1.73. The fourth-order valence-electron chi connectivity index (χ4n) is 4.12. The zero-order valence-electron chi connectivity index (χ0n) is 16.0. The Morgan fingerprint density at radius 2 is 1.96 bits per heavy atom. The minimum atomic E-state index is -0.310. The maximum Gasteiger partial charge on any atom is 0.254 e. The van der Waals surface area contributed by atoms with Gasteiger partial charge in [0.25, 0.3) is 5.91 Å². The molecule has 0 bridgehead atoms. The first-order chi connectivity index (χ1) is 12.5. The highest BCUT2D eigenvalue weighted by Gasteiger charge is 2.30. The summed E-state index contributed by atoms with van der Waals surface area (Å²) in [5.41, 5.74) is 7.09. The lowest BCUT2D eigenvalue weighted by molar-refractivity contribution is 0.0583. The SMILES string of the molecule is CCN1CCN(c2ccc(C(=O)N3CCCC[C@H]3[C@@H](C)N)cc2F)CC1. The van der Waals surface area contributed by atoms with Crippen LogP contribution in [0.5, 0.6) is 0 Å². The van der Waals surface area contributed by atoms with E-state index >= 15 is 0 Å². The van der Waals surface area contributed by atoms with Gasteiger partial charge < -0.3 is 20.4 Å². The Bertz CT molecular complexity index is 628. The van der Waals surface area contributed by atoms with Crippen LogP contribution in [0.3, 0.4) is 0 Å². The molecule has 2 N–H and O–H groups in total. The van der Waals surface area contributed by atoms with E-state index in [0.29, 0.717) is 17.8 Å². The van der Waals surface area contributed by atoms with Crippen molar-refractivity contribution in [2.75, 3.05) is 44.2 Å². The van der Waals surface area contributed by atoms with E-state index in [0.717, 1.165) is 52.0 Å².